The van der Waals surface area contributed by atoms with Crippen LogP contribution in [0.3, 0.4) is 0 Å². The van der Waals surface area contributed by atoms with E-state index in [1.807, 2.05) is 0 Å². The normalized spacial score (nSPS) is 14.8. The Morgan fingerprint density at radius 3 is 3.00 bits per heavy atom. The second kappa shape index (κ2) is 5.17. The average molecular weight is 225 g/mol. The largest absolute Gasteiger partial charge is 0.462 e. The van der Waals surface area contributed by atoms with Crippen molar-refractivity contribution in [2.45, 2.75) is 13.3 Å². The number of hydrogen-bond acceptors (Lipinski definition) is 7. The molecule has 0 unspecified atom stereocenters. The Hall–Kier alpha value is -2.02. The highest BCUT2D eigenvalue weighted by Crippen LogP contribution is 2.03. The summed E-state index contributed by atoms with van der Waals surface area (Å²) in [4.78, 5) is 11.1. The topological polar surface area (TPSA) is 106 Å². The number of hydrazine groups is 2. The van der Waals surface area contributed by atoms with Gasteiger partial charge in [-0.25, -0.2) is 10.6 Å². The van der Waals surface area contributed by atoms with Gasteiger partial charge in [0.05, 0.1) is 6.61 Å². The van der Waals surface area contributed by atoms with E-state index in [2.05, 4.69) is 17.1 Å². The molecule has 0 spiro atoms. The summed E-state index contributed by atoms with van der Waals surface area (Å²) in [5.41, 5.74) is 9.32. The smallest absolute Gasteiger partial charge is 0.333 e. The first-order valence-corrected chi connectivity index (χ1v) is 4.68. The summed E-state index contributed by atoms with van der Waals surface area (Å²) in [5.74, 6) is 5.27. The molecule has 0 aromatic carbocycles. The van der Waals surface area contributed by atoms with Crippen LogP contribution in [-0.4, -0.2) is 23.6 Å². The predicted octanol–water partition coefficient (Wildman–Crippen LogP) is -0.654. The molecule has 7 nitrogen and oxygen atoms in total. The minimum Gasteiger partial charge on any atom is -0.462 e. The molecule has 0 saturated carbocycles. The molecule has 0 atom stereocenters. The van der Waals surface area contributed by atoms with E-state index in [4.69, 9.17) is 16.3 Å². The van der Waals surface area contributed by atoms with Crippen molar-refractivity contribution < 1.29 is 9.53 Å². The monoisotopic (exact) mass is 225 g/mol. The third kappa shape index (κ3) is 3.62. The molecule has 16 heavy (non-hydrogen) atoms. The van der Waals surface area contributed by atoms with Crippen molar-refractivity contribution in [3.63, 3.8) is 0 Å². The van der Waals surface area contributed by atoms with E-state index in [1.54, 1.807) is 13.0 Å². The van der Waals surface area contributed by atoms with Crippen molar-refractivity contribution in [1.82, 2.24) is 10.7 Å². The Morgan fingerprint density at radius 1 is 1.75 bits per heavy atom. The Morgan fingerprint density at radius 2 is 2.44 bits per heavy atom. The molecule has 1 rings (SSSR count). The summed E-state index contributed by atoms with van der Waals surface area (Å²) in [5, 5.41) is 4.71. The van der Waals surface area contributed by atoms with Gasteiger partial charge in [0.2, 0.25) is 0 Å². The number of nitrogens with zero attached hydrogens (tertiary/aromatic N) is 2. The number of nitrogens with one attached hydrogen (secondary N) is 1. The minimum atomic E-state index is -0.414. The molecule has 0 saturated heterocycles. The highest BCUT2D eigenvalue weighted by atomic mass is 16.5. The number of nitrogens with two attached hydrogens (primary N) is 2. The number of esters is 1. The summed E-state index contributed by atoms with van der Waals surface area (Å²) in [7, 11) is 0. The molecule has 1 aliphatic heterocycles. The lowest BCUT2D eigenvalue weighted by atomic mass is 10.3. The molecule has 0 radical (unpaired) electrons. The molecule has 88 valence electrons. The van der Waals surface area contributed by atoms with Gasteiger partial charge in [0, 0.05) is 23.8 Å². The van der Waals surface area contributed by atoms with Gasteiger partial charge in [-0.05, 0) is 6.92 Å². The maximum Gasteiger partial charge on any atom is 0.333 e. The van der Waals surface area contributed by atoms with E-state index in [0.717, 1.165) is 10.9 Å². The molecule has 7 heteroatoms. The van der Waals surface area contributed by atoms with Crippen LogP contribution in [0, 0.1) is 0 Å². The van der Waals surface area contributed by atoms with Crippen LogP contribution >= 0.6 is 0 Å². The second-order valence-corrected chi connectivity index (χ2v) is 3.32. The number of amidine groups is 1. The van der Waals surface area contributed by atoms with Crippen LogP contribution in [0.2, 0.25) is 0 Å². The van der Waals surface area contributed by atoms with E-state index in [0.29, 0.717) is 17.8 Å². The molecule has 1 aliphatic rings. The van der Waals surface area contributed by atoms with Gasteiger partial charge < -0.3 is 10.5 Å². The van der Waals surface area contributed by atoms with Gasteiger partial charge in [-0.15, -0.1) is 10.3 Å². The number of hydrazone groups is 1. The molecule has 0 aromatic heterocycles. The van der Waals surface area contributed by atoms with Crippen LogP contribution in [0.25, 0.3) is 0 Å². The molecule has 0 aliphatic carbocycles. The third-order valence-corrected chi connectivity index (χ3v) is 1.76. The first kappa shape index (κ1) is 12.1. The van der Waals surface area contributed by atoms with Gasteiger partial charge in [-0.1, -0.05) is 6.58 Å². The van der Waals surface area contributed by atoms with Crippen LogP contribution in [-0.2, 0) is 9.53 Å². The summed E-state index contributed by atoms with van der Waals surface area (Å²) >= 11 is 0. The second-order valence-electron chi connectivity index (χ2n) is 3.32. The molecule has 0 fully saturated rings. The number of carbonyl (C=O) groups is 1. The Bertz CT molecular complexity index is 361. The van der Waals surface area contributed by atoms with E-state index in [9.17, 15) is 4.79 Å². The van der Waals surface area contributed by atoms with Gasteiger partial charge in [-0.2, -0.15) is 0 Å². The summed E-state index contributed by atoms with van der Waals surface area (Å²) in [6.45, 7) is 5.29. The van der Waals surface area contributed by atoms with E-state index >= 15 is 0 Å². The quantitative estimate of drug-likeness (QED) is 0.333. The van der Waals surface area contributed by atoms with Gasteiger partial charge in [0.1, 0.15) is 5.84 Å². The Balaban J connectivity index is 2.36. The van der Waals surface area contributed by atoms with Crippen molar-refractivity contribution in [2.24, 2.45) is 16.7 Å². The number of ether oxygens (including phenoxy) is 1. The minimum absolute atomic E-state index is 0.228. The van der Waals surface area contributed by atoms with Crippen molar-refractivity contribution in [2.75, 3.05) is 6.61 Å². The molecule has 0 amide bonds. The fourth-order valence-electron chi connectivity index (χ4n) is 1.04. The van der Waals surface area contributed by atoms with Gasteiger partial charge >= 0.3 is 5.97 Å². The summed E-state index contributed by atoms with van der Waals surface area (Å²) in [6.07, 6.45) is 2.10. The van der Waals surface area contributed by atoms with Gasteiger partial charge in [0.15, 0.2) is 0 Å². The molecule has 0 aromatic rings. The first-order chi connectivity index (χ1) is 7.49. The van der Waals surface area contributed by atoms with Crippen molar-refractivity contribution in [3.8, 4) is 0 Å². The summed E-state index contributed by atoms with van der Waals surface area (Å²) < 4.78 is 4.92. The van der Waals surface area contributed by atoms with Crippen LogP contribution in [0.5, 0.6) is 0 Å². The SMILES string of the molecule is C=C(C)C(=O)OCCC1=CC(N)=NN(N)N1. The maximum absolute atomic E-state index is 11.1. The Labute approximate surface area is 93.3 Å². The lowest BCUT2D eigenvalue weighted by molar-refractivity contribution is -0.138. The zero-order valence-electron chi connectivity index (χ0n) is 9.06. The summed E-state index contributed by atoms with van der Waals surface area (Å²) in [6, 6.07) is 0. The lowest BCUT2D eigenvalue weighted by Crippen LogP contribution is -2.43. The fourth-order valence-corrected chi connectivity index (χ4v) is 1.04. The van der Waals surface area contributed by atoms with E-state index in [-0.39, 0.29) is 6.61 Å². The van der Waals surface area contributed by atoms with Crippen LogP contribution in [0.4, 0.5) is 0 Å². The van der Waals surface area contributed by atoms with E-state index in [1.165, 1.54) is 0 Å². The van der Waals surface area contributed by atoms with Gasteiger partial charge in [-0.3, -0.25) is 5.43 Å². The fraction of sp³-hybridized carbons (Fsp3) is 0.333. The van der Waals surface area contributed by atoms with Crippen LogP contribution < -0.4 is 17.0 Å². The average Bonchev–Trinajstić information content (AvgIpc) is 2.15. The third-order valence-electron chi connectivity index (χ3n) is 1.76. The number of rotatable bonds is 4. The highest BCUT2D eigenvalue weighted by Gasteiger charge is 2.09. The molecular formula is C9H15N5O2. The van der Waals surface area contributed by atoms with Crippen LogP contribution in [0.1, 0.15) is 13.3 Å². The standard InChI is InChI=1S/C9H15N5O2/c1-6(2)9(15)16-4-3-7-5-8(10)13-14(11)12-7/h5,12H,1,3-4,11H2,2H3,(H2,10,13). The van der Waals surface area contributed by atoms with Crippen LogP contribution in [0.15, 0.2) is 29.0 Å². The first-order valence-electron chi connectivity index (χ1n) is 4.68. The number of carbonyl (C=O) groups excluding carboxylic acids is 1. The highest BCUT2D eigenvalue weighted by molar-refractivity contribution is 5.92. The van der Waals surface area contributed by atoms with Gasteiger partial charge in [0.25, 0.3) is 0 Å². The predicted molar refractivity (Wildman–Crippen MR) is 59.3 cm³/mol. The molecule has 5 N–H and O–H groups in total. The van der Waals surface area contributed by atoms with E-state index < -0.39 is 5.97 Å². The lowest BCUT2D eigenvalue weighted by Gasteiger charge is -2.21. The number of hydrogen-bond donors (Lipinski definition) is 3. The molecule has 0 bridgehead atoms. The molecule has 1 heterocycles. The van der Waals surface area contributed by atoms with Crippen molar-refractivity contribution in [1.29, 1.82) is 0 Å². The zero-order valence-corrected chi connectivity index (χ0v) is 9.06. The maximum atomic E-state index is 11.1. The zero-order chi connectivity index (χ0) is 12.1. The van der Waals surface area contributed by atoms with Crippen molar-refractivity contribution >= 4 is 11.8 Å². The van der Waals surface area contributed by atoms with Crippen molar-refractivity contribution in [3.05, 3.63) is 23.9 Å². The Kier molecular flexibility index (Phi) is 3.90. The molecular weight excluding hydrogens is 210 g/mol.